The minimum Gasteiger partial charge on any atom is -0.353 e. The molecule has 0 unspecified atom stereocenters. The lowest BCUT2D eigenvalue weighted by Gasteiger charge is -2.38. The number of carbonyl (C=O) groups is 2. The second-order valence-electron chi connectivity index (χ2n) is 10.7. The highest BCUT2D eigenvalue weighted by atomic mass is 19.4. The van der Waals surface area contributed by atoms with Gasteiger partial charge in [0.05, 0.1) is 17.7 Å². The summed E-state index contributed by atoms with van der Waals surface area (Å²) in [6, 6.07) is 10.9. The van der Waals surface area contributed by atoms with E-state index < -0.39 is 17.2 Å². The third kappa shape index (κ3) is 5.71. The molecule has 2 fully saturated rings. The highest BCUT2D eigenvalue weighted by Crippen LogP contribution is 2.40. The number of hydrogen-bond donors (Lipinski definition) is 2. The Bertz CT molecular complexity index is 1290. The van der Waals surface area contributed by atoms with Gasteiger partial charge in [-0.05, 0) is 55.5 Å². The molecule has 2 aliphatic carbocycles. The number of pyridine rings is 1. The van der Waals surface area contributed by atoms with E-state index in [9.17, 15) is 22.8 Å². The highest BCUT2D eigenvalue weighted by molar-refractivity contribution is 5.93. The summed E-state index contributed by atoms with van der Waals surface area (Å²) in [6.45, 7) is 0.332. The van der Waals surface area contributed by atoms with E-state index in [0.717, 1.165) is 75.5 Å². The number of carbonyl (C=O) groups excluding carboxylic acids is 2. The van der Waals surface area contributed by atoms with E-state index in [1.54, 1.807) is 40.9 Å². The molecule has 2 saturated carbocycles. The minimum absolute atomic E-state index is 0.0675. The lowest BCUT2D eigenvalue weighted by Crippen LogP contribution is -2.42. The van der Waals surface area contributed by atoms with E-state index >= 15 is 0 Å². The van der Waals surface area contributed by atoms with Gasteiger partial charge in [0.1, 0.15) is 11.3 Å². The fourth-order valence-corrected chi connectivity index (χ4v) is 5.99. The van der Waals surface area contributed by atoms with Crippen LogP contribution in [-0.4, -0.2) is 33.8 Å². The van der Waals surface area contributed by atoms with Gasteiger partial charge in [0, 0.05) is 24.2 Å². The number of alkyl halides is 3. The lowest BCUT2D eigenvalue weighted by molar-refractivity contribution is -0.137. The van der Waals surface area contributed by atoms with E-state index in [-0.39, 0.29) is 24.3 Å². The third-order valence-corrected chi connectivity index (χ3v) is 8.06. The van der Waals surface area contributed by atoms with E-state index in [0.29, 0.717) is 23.6 Å². The number of amides is 2. The van der Waals surface area contributed by atoms with Crippen molar-refractivity contribution >= 4 is 17.5 Å². The van der Waals surface area contributed by atoms with Crippen molar-refractivity contribution in [3.8, 4) is 0 Å². The van der Waals surface area contributed by atoms with Crippen LogP contribution in [0.3, 0.4) is 0 Å². The molecule has 9 heteroatoms. The van der Waals surface area contributed by atoms with Crippen molar-refractivity contribution < 1.29 is 22.8 Å². The average molecular weight is 527 g/mol. The second kappa shape index (κ2) is 10.8. The summed E-state index contributed by atoms with van der Waals surface area (Å²) in [4.78, 5) is 30.4. The predicted molar refractivity (Wildman–Crippen MR) is 138 cm³/mol. The van der Waals surface area contributed by atoms with Crippen molar-refractivity contribution in [1.82, 2.24) is 20.0 Å². The Morgan fingerprint density at radius 1 is 0.974 bits per heavy atom. The van der Waals surface area contributed by atoms with Crippen molar-refractivity contribution in [2.24, 2.45) is 0 Å². The van der Waals surface area contributed by atoms with E-state index in [4.69, 9.17) is 0 Å². The number of imidazole rings is 1. The molecule has 202 valence electrons. The van der Waals surface area contributed by atoms with Crippen LogP contribution < -0.4 is 10.6 Å². The smallest absolute Gasteiger partial charge is 0.353 e. The number of fused-ring (bicyclic) bond motifs is 1. The summed E-state index contributed by atoms with van der Waals surface area (Å²) >= 11 is 0. The van der Waals surface area contributed by atoms with Gasteiger partial charge >= 0.3 is 6.18 Å². The Labute approximate surface area is 220 Å². The van der Waals surface area contributed by atoms with Crippen molar-refractivity contribution in [2.45, 2.75) is 81.8 Å². The molecule has 5 rings (SSSR count). The maximum atomic E-state index is 13.3. The zero-order valence-electron chi connectivity index (χ0n) is 21.3. The summed E-state index contributed by atoms with van der Waals surface area (Å²) < 4.78 is 41.0. The molecule has 0 spiro atoms. The molecular weight excluding hydrogens is 493 g/mol. The average Bonchev–Trinajstić information content (AvgIpc) is 3.56. The first-order valence-electron chi connectivity index (χ1n) is 13.5. The Balaban J connectivity index is 1.31. The first-order valence-corrected chi connectivity index (χ1v) is 13.5. The standard InChI is InChI=1S/C29H33F3N4O2/c30-29(31,32)21-13-11-20(12-14-21)28(15-4-1-5-16-28)19-33-27(38)24-9-6-10-25-34-23(18-36(24)25)17-26(37)35-22-7-2-3-8-22/h6,9-14,18,22H,1-5,7-8,15-17,19H2,(H,33,38)(H,35,37). The van der Waals surface area contributed by atoms with Crippen molar-refractivity contribution in [3.05, 3.63) is 71.2 Å². The summed E-state index contributed by atoms with van der Waals surface area (Å²) in [5.74, 6) is -0.353. The van der Waals surface area contributed by atoms with Gasteiger partial charge in [-0.2, -0.15) is 13.2 Å². The Morgan fingerprint density at radius 3 is 2.37 bits per heavy atom. The number of hydrogen-bond acceptors (Lipinski definition) is 3. The molecule has 0 radical (unpaired) electrons. The molecule has 3 aromatic rings. The largest absolute Gasteiger partial charge is 0.416 e. The molecule has 0 atom stereocenters. The van der Waals surface area contributed by atoms with Gasteiger partial charge < -0.3 is 10.6 Å². The van der Waals surface area contributed by atoms with Gasteiger partial charge in [-0.15, -0.1) is 0 Å². The predicted octanol–water partition coefficient (Wildman–Crippen LogP) is 5.59. The number of rotatable bonds is 7. The van der Waals surface area contributed by atoms with Crippen molar-refractivity contribution in [1.29, 1.82) is 0 Å². The van der Waals surface area contributed by atoms with Crippen LogP contribution in [0.1, 0.15) is 85.1 Å². The van der Waals surface area contributed by atoms with E-state index in [1.807, 2.05) is 0 Å². The minimum atomic E-state index is -4.38. The van der Waals surface area contributed by atoms with E-state index in [1.165, 1.54) is 0 Å². The molecule has 0 saturated heterocycles. The van der Waals surface area contributed by atoms with Gasteiger partial charge in [-0.25, -0.2) is 4.98 Å². The van der Waals surface area contributed by atoms with Crippen LogP contribution in [0.25, 0.3) is 5.65 Å². The molecular formula is C29H33F3N4O2. The third-order valence-electron chi connectivity index (χ3n) is 8.06. The quantitative estimate of drug-likeness (QED) is 0.422. The summed E-state index contributed by atoms with van der Waals surface area (Å²) in [5, 5.41) is 6.12. The number of halogens is 3. The van der Waals surface area contributed by atoms with Gasteiger partial charge in [-0.3, -0.25) is 14.0 Å². The molecule has 2 N–H and O–H groups in total. The van der Waals surface area contributed by atoms with Crippen molar-refractivity contribution in [3.63, 3.8) is 0 Å². The monoisotopic (exact) mass is 526 g/mol. The van der Waals surface area contributed by atoms with Gasteiger partial charge in [-0.1, -0.05) is 50.3 Å². The number of aromatic nitrogens is 2. The molecule has 2 aliphatic rings. The molecule has 38 heavy (non-hydrogen) atoms. The topological polar surface area (TPSA) is 75.5 Å². The van der Waals surface area contributed by atoms with Crippen LogP contribution in [0, 0.1) is 0 Å². The number of nitrogens with zero attached hydrogens (tertiary/aromatic N) is 2. The fraction of sp³-hybridized carbons (Fsp3) is 0.483. The normalized spacial score (nSPS) is 18.0. The summed E-state index contributed by atoms with van der Waals surface area (Å²) in [6.07, 6.45) is 6.37. The van der Waals surface area contributed by atoms with Crippen LogP contribution in [-0.2, 0) is 22.8 Å². The molecule has 2 amide bonds. The van der Waals surface area contributed by atoms with Crippen LogP contribution in [0.5, 0.6) is 0 Å². The first kappa shape index (κ1) is 26.3. The molecule has 1 aromatic carbocycles. The highest BCUT2D eigenvalue weighted by Gasteiger charge is 2.36. The van der Waals surface area contributed by atoms with Gasteiger partial charge in [0.25, 0.3) is 5.91 Å². The summed E-state index contributed by atoms with van der Waals surface area (Å²) in [7, 11) is 0. The first-order chi connectivity index (χ1) is 18.2. The van der Waals surface area contributed by atoms with E-state index in [2.05, 4.69) is 15.6 Å². The maximum absolute atomic E-state index is 13.3. The number of nitrogens with one attached hydrogen (secondary N) is 2. The fourth-order valence-electron chi connectivity index (χ4n) is 5.99. The molecule has 0 bridgehead atoms. The Morgan fingerprint density at radius 2 is 1.68 bits per heavy atom. The lowest BCUT2D eigenvalue weighted by atomic mass is 9.69. The SMILES string of the molecule is O=C(Cc1cn2c(C(=O)NCC3(c4ccc(C(F)(F)F)cc4)CCCCC3)cccc2n1)NC1CCCC1. The molecule has 6 nitrogen and oxygen atoms in total. The van der Waals surface area contributed by atoms with Gasteiger partial charge in [0.15, 0.2) is 0 Å². The molecule has 2 aromatic heterocycles. The van der Waals surface area contributed by atoms with Crippen LogP contribution in [0.15, 0.2) is 48.7 Å². The zero-order valence-corrected chi connectivity index (χ0v) is 21.3. The van der Waals surface area contributed by atoms with Gasteiger partial charge in [0.2, 0.25) is 5.91 Å². The van der Waals surface area contributed by atoms with Crippen LogP contribution >= 0.6 is 0 Å². The Kier molecular flexibility index (Phi) is 7.45. The Hall–Kier alpha value is -3.36. The molecule has 0 aliphatic heterocycles. The second-order valence-corrected chi connectivity index (χ2v) is 10.7. The maximum Gasteiger partial charge on any atom is 0.416 e. The van der Waals surface area contributed by atoms with Crippen LogP contribution in [0.2, 0.25) is 0 Å². The number of benzene rings is 1. The zero-order chi connectivity index (χ0) is 26.8. The summed E-state index contributed by atoms with van der Waals surface area (Å²) in [5.41, 5.74) is 1.31. The molecule has 2 heterocycles. The van der Waals surface area contributed by atoms with Crippen molar-refractivity contribution in [2.75, 3.05) is 6.54 Å². The van der Waals surface area contributed by atoms with Crippen LogP contribution in [0.4, 0.5) is 13.2 Å².